The summed E-state index contributed by atoms with van der Waals surface area (Å²) in [4.78, 5) is 16.8. The van der Waals surface area contributed by atoms with Crippen LogP contribution in [0, 0.1) is 5.92 Å². The lowest BCUT2D eigenvalue weighted by molar-refractivity contribution is -0.121. The molecule has 0 saturated heterocycles. The molecular formula is C18H30ClN5O3S. The van der Waals surface area contributed by atoms with Crippen molar-refractivity contribution in [2.45, 2.75) is 38.1 Å². The van der Waals surface area contributed by atoms with Gasteiger partial charge in [0.2, 0.25) is 15.9 Å². The number of nitrogens with one attached hydrogen (secondary N) is 1. The van der Waals surface area contributed by atoms with E-state index in [1.54, 1.807) is 18.2 Å². The summed E-state index contributed by atoms with van der Waals surface area (Å²) in [6.45, 7) is 5.76. The number of rotatable bonds is 9. The van der Waals surface area contributed by atoms with Crippen molar-refractivity contribution < 1.29 is 13.2 Å². The molecule has 1 aromatic heterocycles. The zero-order chi connectivity index (χ0) is 20.2. The number of aryl methyl sites for hydroxylation is 2. The van der Waals surface area contributed by atoms with Gasteiger partial charge in [-0.3, -0.25) is 4.79 Å². The van der Waals surface area contributed by atoms with Crippen molar-refractivity contribution in [1.82, 2.24) is 19.2 Å². The first-order chi connectivity index (χ1) is 12.7. The maximum absolute atomic E-state index is 12.3. The van der Waals surface area contributed by atoms with Crippen molar-refractivity contribution >= 4 is 39.4 Å². The molecule has 0 aliphatic heterocycles. The van der Waals surface area contributed by atoms with Gasteiger partial charge >= 0.3 is 0 Å². The molecule has 28 heavy (non-hydrogen) atoms. The first kappa shape index (κ1) is 24.4. The predicted molar refractivity (Wildman–Crippen MR) is 113 cm³/mol. The zero-order valence-electron chi connectivity index (χ0n) is 16.8. The molecule has 10 heteroatoms. The van der Waals surface area contributed by atoms with E-state index in [1.165, 1.54) is 18.4 Å². The number of nitrogens with zero attached hydrogens (tertiary/aromatic N) is 3. The lowest BCUT2D eigenvalue weighted by atomic mass is 10.2. The van der Waals surface area contributed by atoms with E-state index in [0.717, 1.165) is 11.3 Å². The van der Waals surface area contributed by atoms with Gasteiger partial charge in [0.15, 0.2) is 0 Å². The molecule has 1 unspecified atom stereocenters. The van der Waals surface area contributed by atoms with E-state index in [4.69, 9.17) is 5.73 Å². The number of amides is 1. The molecule has 0 saturated carbocycles. The molecule has 1 heterocycles. The van der Waals surface area contributed by atoms with Crippen LogP contribution in [0.3, 0.4) is 0 Å². The van der Waals surface area contributed by atoms with E-state index in [2.05, 4.69) is 10.3 Å². The highest BCUT2D eigenvalue weighted by atomic mass is 35.5. The highest BCUT2D eigenvalue weighted by molar-refractivity contribution is 7.89. The van der Waals surface area contributed by atoms with Gasteiger partial charge in [0.05, 0.1) is 15.9 Å². The topological polar surface area (TPSA) is 110 Å². The summed E-state index contributed by atoms with van der Waals surface area (Å²) in [7, 11) is -0.513. The Morgan fingerprint density at radius 3 is 2.61 bits per heavy atom. The quantitative estimate of drug-likeness (QED) is 0.623. The van der Waals surface area contributed by atoms with Crippen LogP contribution in [0.25, 0.3) is 11.0 Å². The molecule has 0 bridgehead atoms. The molecule has 1 atom stereocenters. The third-order valence-corrected chi connectivity index (χ3v) is 6.33. The van der Waals surface area contributed by atoms with Crippen molar-refractivity contribution in [3.63, 3.8) is 0 Å². The summed E-state index contributed by atoms with van der Waals surface area (Å²) in [5, 5.41) is 2.88. The fraction of sp³-hybridized carbons (Fsp3) is 0.556. The van der Waals surface area contributed by atoms with E-state index < -0.39 is 10.0 Å². The second-order valence-electron chi connectivity index (χ2n) is 6.86. The van der Waals surface area contributed by atoms with E-state index >= 15 is 0 Å². The maximum atomic E-state index is 12.3. The normalized spacial score (nSPS) is 12.8. The number of sulfonamides is 1. The number of benzene rings is 1. The van der Waals surface area contributed by atoms with Gasteiger partial charge in [0, 0.05) is 40.0 Å². The fourth-order valence-corrected chi connectivity index (χ4v) is 3.68. The number of halogens is 1. The third kappa shape index (κ3) is 5.44. The monoisotopic (exact) mass is 431 g/mol. The average Bonchev–Trinajstić information content (AvgIpc) is 3.00. The highest BCUT2D eigenvalue weighted by Gasteiger charge is 2.19. The predicted octanol–water partition coefficient (Wildman–Crippen LogP) is 1.37. The van der Waals surface area contributed by atoms with Crippen molar-refractivity contribution in [3.05, 3.63) is 24.0 Å². The Morgan fingerprint density at radius 2 is 2.04 bits per heavy atom. The number of carbonyl (C=O) groups excluding carboxylic acids is 1. The van der Waals surface area contributed by atoms with Crippen LogP contribution in [0.15, 0.2) is 23.1 Å². The summed E-state index contributed by atoms with van der Waals surface area (Å²) in [5.74, 6) is 0.973. The summed E-state index contributed by atoms with van der Waals surface area (Å²) in [6.07, 6.45) is 0.810. The molecule has 0 radical (unpaired) electrons. The van der Waals surface area contributed by atoms with Crippen molar-refractivity contribution in [1.29, 1.82) is 0 Å². The lowest BCUT2D eigenvalue weighted by Crippen LogP contribution is -2.31. The molecule has 0 fully saturated rings. The smallest absolute Gasteiger partial charge is 0.242 e. The number of aromatic nitrogens is 2. The van der Waals surface area contributed by atoms with Crippen LogP contribution in [-0.4, -0.2) is 55.4 Å². The van der Waals surface area contributed by atoms with Crippen LogP contribution >= 0.6 is 12.4 Å². The van der Waals surface area contributed by atoms with Crippen LogP contribution in [-0.2, 0) is 27.8 Å². The van der Waals surface area contributed by atoms with Crippen LogP contribution < -0.4 is 11.1 Å². The van der Waals surface area contributed by atoms with Crippen molar-refractivity contribution in [2.75, 3.05) is 27.2 Å². The molecule has 0 spiro atoms. The average molecular weight is 432 g/mol. The Morgan fingerprint density at radius 1 is 1.36 bits per heavy atom. The molecule has 3 N–H and O–H groups in total. The number of imidazole rings is 1. The molecule has 2 rings (SSSR count). The number of carbonyl (C=O) groups is 1. The van der Waals surface area contributed by atoms with Crippen molar-refractivity contribution in [2.24, 2.45) is 11.7 Å². The van der Waals surface area contributed by atoms with Crippen molar-refractivity contribution in [3.8, 4) is 0 Å². The van der Waals surface area contributed by atoms with Gasteiger partial charge in [0.25, 0.3) is 0 Å². The molecular weight excluding hydrogens is 402 g/mol. The second-order valence-corrected chi connectivity index (χ2v) is 9.01. The van der Waals surface area contributed by atoms with Gasteiger partial charge in [-0.2, -0.15) is 0 Å². The van der Waals surface area contributed by atoms with Crippen LogP contribution in [0.4, 0.5) is 0 Å². The van der Waals surface area contributed by atoms with E-state index in [9.17, 15) is 13.2 Å². The first-order valence-electron chi connectivity index (χ1n) is 9.09. The summed E-state index contributed by atoms with van der Waals surface area (Å²) in [5.41, 5.74) is 7.04. The number of nitrogens with two attached hydrogens (primary N) is 1. The lowest BCUT2D eigenvalue weighted by Gasteiger charge is -2.11. The highest BCUT2D eigenvalue weighted by Crippen LogP contribution is 2.22. The Bertz CT molecular complexity index is 911. The molecule has 2 aromatic rings. The van der Waals surface area contributed by atoms with Crippen LogP contribution in [0.2, 0.25) is 0 Å². The standard InChI is InChI=1S/C18H29N5O3S.ClH/c1-5-23-16-7-6-14(27(25,26)22(3)4)10-15(16)21-17(23)8-9-18(24)20-12-13(2)11-19;/h6-7,10,13H,5,8-9,11-12,19H2,1-4H3,(H,20,24);1H. The molecule has 1 aromatic carbocycles. The van der Waals surface area contributed by atoms with E-state index in [1.807, 2.05) is 18.4 Å². The Balaban J connectivity index is 0.00000392. The maximum Gasteiger partial charge on any atom is 0.242 e. The summed E-state index contributed by atoms with van der Waals surface area (Å²) < 4.78 is 27.9. The zero-order valence-corrected chi connectivity index (χ0v) is 18.4. The minimum Gasteiger partial charge on any atom is -0.356 e. The van der Waals surface area contributed by atoms with Crippen LogP contribution in [0.1, 0.15) is 26.1 Å². The first-order valence-corrected chi connectivity index (χ1v) is 10.5. The Kier molecular flexibility index (Phi) is 8.87. The third-order valence-electron chi connectivity index (χ3n) is 4.52. The number of hydrogen-bond donors (Lipinski definition) is 2. The SMILES string of the molecule is CCn1c(CCC(=O)NCC(C)CN)nc2cc(S(=O)(=O)N(C)C)ccc21.Cl. The Labute approximate surface area is 172 Å². The molecule has 8 nitrogen and oxygen atoms in total. The van der Waals surface area contributed by atoms with Gasteiger partial charge in [-0.1, -0.05) is 6.92 Å². The van der Waals surface area contributed by atoms with Gasteiger partial charge < -0.3 is 15.6 Å². The number of hydrogen-bond acceptors (Lipinski definition) is 5. The minimum atomic E-state index is -3.51. The largest absolute Gasteiger partial charge is 0.356 e. The van der Waals surface area contributed by atoms with Crippen LogP contribution in [0.5, 0.6) is 0 Å². The molecule has 1 amide bonds. The molecule has 0 aliphatic carbocycles. The molecule has 0 aliphatic rings. The number of fused-ring (bicyclic) bond motifs is 1. The Hall–Kier alpha value is -1.68. The van der Waals surface area contributed by atoms with Gasteiger partial charge in [-0.05, 0) is 37.6 Å². The van der Waals surface area contributed by atoms with E-state index in [-0.39, 0.29) is 29.1 Å². The van der Waals surface area contributed by atoms with E-state index in [0.29, 0.717) is 38.0 Å². The minimum absolute atomic E-state index is 0. The summed E-state index contributed by atoms with van der Waals surface area (Å²) in [6, 6.07) is 4.95. The summed E-state index contributed by atoms with van der Waals surface area (Å²) >= 11 is 0. The molecule has 158 valence electrons. The van der Waals surface area contributed by atoms with Gasteiger partial charge in [0.1, 0.15) is 5.82 Å². The fourth-order valence-electron chi connectivity index (χ4n) is 2.76. The second kappa shape index (κ2) is 10.2. The van der Waals surface area contributed by atoms with Gasteiger partial charge in [-0.15, -0.1) is 12.4 Å². The van der Waals surface area contributed by atoms with Gasteiger partial charge in [-0.25, -0.2) is 17.7 Å².